The summed E-state index contributed by atoms with van der Waals surface area (Å²) in [6.07, 6.45) is 0. The summed E-state index contributed by atoms with van der Waals surface area (Å²) in [6.45, 7) is 2.17. The zero-order chi connectivity index (χ0) is 18.2. The van der Waals surface area contributed by atoms with Crippen molar-refractivity contribution in [2.45, 2.75) is 13.5 Å². The molecular weight excluding hydrogens is 407 g/mol. The summed E-state index contributed by atoms with van der Waals surface area (Å²) in [5.41, 5.74) is 2.01. The van der Waals surface area contributed by atoms with Gasteiger partial charge < -0.3 is 5.32 Å². The number of hydrogen-bond donors (Lipinski definition) is 1. The number of nitrogens with one attached hydrogen (secondary N) is 1. The molecule has 0 aliphatic heterocycles. The molecule has 0 saturated carbocycles. The smallest absolute Gasteiger partial charge is 0.321 e. The van der Waals surface area contributed by atoms with Gasteiger partial charge in [0.15, 0.2) is 0 Å². The Bertz CT molecular complexity index is 818. The van der Waals surface area contributed by atoms with Crippen LogP contribution in [0.4, 0.5) is 5.69 Å². The fraction of sp³-hybridized carbons (Fsp3) is 0.176. The van der Waals surface area contributed by atoms with Gasteiger partial charge in [-0.25, -0.2) is 0 Å². The number of rotatable bonds is 7. The molecule has 25 heavy (non-hydrogen) atoms. The molecule has 6 nitrogen and oxygen atoms in total. The highest BCUT2D eigenvalue weighted by molar-refractivity contribution is 9.10. The van der Waals surface area contributed by atoms with Crippen LogP contribution in [0.3, 0.4) is 0 Å². The van der Waals surface area contributed by atoms with Crippen molar-refractivity contribution in [3.05, 3.63) is 63.6 Å². The molecule has 128 valence electrons. The van der Waals surface area contributed by atoms with Crippen LogP contribution in [0.5, 0.6) is 0 Å². The van der Waals surface area contributed by atoms with Crippen LogP contribution in [0.1, 0.15) is 28.4 Å². The summed E-state index contributed by atoms with van der Waals surface area (Å²) in [6, 6.07) is 13.8. The van der Waals surface area contributed by atoms with E-state index in [-0.39, 0.29) is 12.5 Å². The van der Waals surface area contributed by atoms with E-state index in [1.165, 1.54) is 0 Å². The van der Waals surface area contributed by atoms with Crippen molar-refractivity contribution in [1.29, 1.82) is 5.26 Å². The van der Waals surface area contributed by atoms with Crippen molar-refractivity contribution in [2.75, 3.05) is 11.9 Å². The largest absolute Gasteiger partial charge is 0.697 e. The normalized spacial score (nSPS) is 10.8. The second kappa shape index (κ2) is 9.40. The third-order valence-corrected chi connectivity index (χ3v) is 4.44. The first-order valence-electron chi connectivity index (χ1n) is 7.36. The molecule has 0 aromatic heterocycles. The first-order chi connectivity index (χ1) is 12.0. The van der Waals surface area contributed by atoms with Gasteiger partial charge in [0.05, 0.1) is 11.3 Å². The van der Waals surface area contributed by atoms with Crippen molar-refractivity contribution >= 4 is 35.8 Å². The zero-order valence-electron chi connectivity index (χ0n) is 13.4. The average Bonchev–Trinajstić information content (AvgIpc) is 2.62. The second-order valence-corrected chi connectivity index (χ2v) is 6.75. The molecule has 2 aromatic rings. The Kier molecular flexibility index (Phi) is 7.23. The Balaban J connectivity index is 2.01. The molecule has 1 N–H and O–H groups in total. The van der Waals surface area contributed by atoms with E-state index in [9.17, 15) is 9.36 Å². The number of nitrogens with zero attached hydrogens (tertiary/aromatic N) is 1. The summed E-state index contributed by atoms with van der Waals surface area (Å²) in [7, 11) is -2.13. The van der Waals surface area contributed by atoms with E-state index in [0.29, 0.717) is 23.4 Å². The number of halogens is 1. The van der Waals surface area contributed by atoms with E-state index in [4.69, 9.17) is 14.3 Å². The van der Waals surface area contributed by atoms with Crippen LogP contribution >= 0.6 is 24.2 Å². The standard InChI is InChI=1S/C17H14BrN2O4P/c1-2-23-25(22)24-11-12-3-5-13(6-4-12)17(21)20-16-8-7-15(18)9-14(16)10-19/h3-9H,2,11H2,1H3/p+1. The molecule has 1 unspecified atom stereocenters. The predicted octanol–water partition coefficient (Wildman–Crippen LogP) is 4.78. The molecule has 0 bridgehead atoms. The van der Waals surface area contributed by atoms with Gasteiger partial charge in [0.25, 0.3) is 5.91 Å². The molecule has 2 rings (SSSR count). The Morgan fingerprint density at radius 2 is 1.96 bits per heavy atom. The lowest BCUT2D eigenvalue weighted by Gasteiger charge is -2.08. The van der Waals surface area contributed by atoms with Crippen LogP contribution in [0.15, 0.2) is 46.9 Å². The van der Waals surface area contributed by atoms with E-state index in [2.05, 4.69) is 21.2 Å². The molecule has 1 atom stereocenters. The Morgan fingerprint density at radius 1 is 1.24 bits per heavy atom. The van der Waals surface area contributed by atoms with Crippen molar-refractivity contribution in [3.8, 4) is 6.07 Å². The number of anilines is 1. The molecule has 2 aromatic carbocycles. The minimum atomic E-state index is -2.13. The van der Waals surface area contributed by atoms with Gasteiger partial charge in [0.2, 0.25) is 0 Å². The average molecular weight is 422 g/mol. The van der Waals surface area contributed by atoms with Crippen LogP contribution in [-0.2, 0) is 20.2 Å². The topological polar surface area (TPSA) is 88.4 Å². The van der Waals surface area contributed by atoms with Crippen LogP contribution in [0.2, 0.25) is 0 Å². The van der Waals surface area contributed by atoms with E-state index < -0.39 is 8.25 Å². The maximum atomic E-state index is 12.3. The van der Waals surface area contributed by atoms with E-state index in [1.807, 2.05) is 6.07 Å². The second-order valence-electron chi connectivity index (χ2n) is 4.87. The summed E-state index contributed by atoms with van der Waals surface area (Å²) in [4.78, 5) is 12.3. The molecule has 8 heteroatoms. The number of carbonyl (C=O) groups excluding carboxylic acids is 1. The fourth-order valence-corrected chi connectivity index (χ4v) is 2.84. The fourth-order valence-electron chi connectivity index (χ4n) is 1.93. The van der Waals surface area contributed by atoms with E-state index in [1.54, 1.807) is 49.4 Å². The number of amides is 1. The zero-order valence-corrected chi connectivity index (χ0v) is 15.8. The highest BCUT2D eigenvalue weighted by Crippen LogP contribution is 2.25. The Hall–Kier alpha value is -2.10. The quantitative estimate of drug-likeness (QED) is 0.649. The van der Waals surface area contributed by atoms with Gasteiger partial charge in [-0.1, -0.05) is 28.1 Å². The molecule has 1 amide bonds. The number of nitriles is 1. The lowest BCUT2D eigenvalue weighted by atomic mass is 10.1. The molecular formula is C17H15BrN2O4P+. The highest BCUT2D eigenvalue weighted by atomic mass is 79.9. The maximum absolute atomic E-state index is 12.3. The summed E-state index contributed by atoms with van der Waals surface area (Å²) in [5, 5.41) is 11.8. The number of benzene rings is 2. The minimum absolute atomic E-state index is 0.127. The lowest BCUT2D eigenvalue weighted by Crippen LogP contribution is -2.12. The van der Waals surface area contributed by atoms with Crippen molar-refractivity contribution in [2.24, 2.45) is 0 Å². The Labute approximate surface area is 154 Å². The van der Waals surface area contributed by atoms with Gasteiger partial charge in [-0.15, -0.1) is 9.05 Å². The summed E-state index contributed by atoms with van der Waals surface area (Å²) < 4.78 is 21.9. The van der Waals surface area contributed by atoms with Crippen molar-refractivity contribution in [3.63, 3.8) is 0 Å². The van der Waals surface area contributed by atoms with Crippen LogP contribution in [0, 0.1) is 11.3 Å². The van der Waals surface area contributed by atoms with Crippen LogP contribution in [-0.4, -0.2) is 12.5 Å². The lowest BCUT2D eigenvalue weighted by molar-refractivity contribution is 0.102. The van der Waals surface area contributed by atoms with Crippen LogP contribution < -0.4 is 5.32 Å². The molecule has 0 spiro atoms. The first kappa shape index (κ1) is 19.2. The third-order valence-electron chi connectivity index (χ3n) is 3.14. The maximum Gasteiger partial charge on any atom is 0.697 e. The molecule has 0 aliphatic rings. The van der Waals surface area contributed by atoms with Gasteiger partial charge in [-0.05, 0) is 42.8 Å². The van der Waals surface area contributed by atoms with Crippen molar-refractivity contribution < 1.29 is 18.4 Å². The molecule has 0 heterocycles. The minimum Gasteiger partial charge on any atom is -0.321 e. The Morgan fingerprint density at radius 3 is 2.60 bits per heavy atom. The van der Waals surface area contributed by atoms with Gasteiger partial charge in [-0.2, -0.15) is 5.26 Å². The van der Waals surface area contributed by atoms with Gasteiger partial charge in [0.1, 0.15) is 19.3 Å². The van der Waals surface area contributed by atoms with Gasteiger partial charge in [-0.3, -0.25) is 4.79 Å². The summed E-state index contributed by atoms with van der Waals surface area (Å²) in [5.74, 6) is -0.327. The monoisotopic (exact) mass is 421 g/mol. The first-order valence-corrected chi connectivity index (χ1v) is 9.25. The molecule has 0 saturated heterocycles. The number of carbonyl (C=O) groups is 1. The SMILES string of the molecule is CCO[P+](=O)OCc1ccc(C(=O)Nc2ccc(Br)cc2C#N)cc1. The van der Waals surface area contributed by atoms with Gasteiger partial charge >= 0.3 is 8.25 Å². The molecule has 0 fully saturated rings. The highest BCUT2D eigenvalue weighted by Gasteiger charge is 2.18. The molecule has 0 radical (unpaired) electrons. The van der Waals surface area contributed by atoms with Gasteiger partial charge in [0, 0.05) is 14.6 Å². The van der Waals surface area contributed by atoms with E-state index in [0.717, 1.165) is 10.0 Å². The molecule has 0 aliphatic carbocycles. The predicted molar refractivity (Wildman–Crippen MR) is 97.3 cm³/mol. The number of hydrogen-bond acceptors (Lipinski definition) is 5. The van der Waals surface area contributed by atoms with Crippen molar-refractivity contribution in [1.82, 2.24) is 0 Å². The third kappa shape index (κ3) is 5.73. The van der Waals surface area contributed by atoms with Crippen LogP contribution in [0.25, 0.3) is 0 Å². The summed E-state index contributed by atoms with van der Waals surface area (Å²) >= 11 is 3.29. The van der Waals surface area contributed by atoms with E-state index >= 15 is 0 Å².